The number of nitrogens with one attached hydrogen (secondary N) is 1. The summed E-state index contributed by atoms with van der Waals surface area (Å²) in [7, 11) is 0. The number of anilines is 1. The van der Waals surface area contributed by atoms with Gasteiger partial charge in [-0.25, -0.2) is 4.98 Å². The van der Waals surface area contributed by atoms with Crippen molar-refractivity contribution >= 4 is 22.5 Å². The predicted molar refractivity (Wildman–Crippen MR) is 106 cm³/mol. The average molecular weight is 340 g/mol. The van der Waals surface area contributed by atoms with Crippen LogP contribution in [0.1, 0.15) is 22.3 Å². The first-order chi connectivity index (χ1) is 12.7. The number of hydrogen-bond donors (Lipinski definition) is 1. The zero-order valence-corrected chi connectivity index (χ0v) is 15.0. The minimum Gasteiger partial charge on any atom is -0.371 e. The molecule has 0 unspecified atom stereocenters. The van der Waals surface area contributed by atoms with Gasteiger partial charge in [-0.1, -0.05) is 42.0 Å². The van der Waals surface area contributed by atoms with Crippen LogP contribution in [0.3, 0.4) is 0 Å². The number of rotatable bonds is 4. The molecule has 0 atom stereocenters. The Morgan fingerprint density at radius 1 is 1.08 bits per heavy atom. The molecule has 2 aromatic carbocycles. The summed E-state index contributed by atoms with van der Waals surface area (Å²) in [6.45, 7) is 4.88. The van der Waals surface area contributed by atoms with Gasteiger partial charge in [-0.3, -0.25) is 4.40 Å². The maximum Gasteiger partial charge on any atom is 0.157 e. The number of aryl methyl sites for hydroxylation is 2. The summed E-state index contributed by atoms with van der Waals surface area (Å²) in [5.41, 5.74) is 6.77. The lowest BCUT2D eigenvalue weighted by Crippen LogP contribution is -2.09. The van der Waals surface area contributed by atoms with Crippen molar-refractivity contribution in [3.05, 3.63) is 76.9 Å². The molecule has 26 heavy (non-hydrogen) atoms. The van der Waals surface area contributed by atoms with E-state index in [4.69, 9.17) is 0 Å². The van der Waals surface area contributed by atoms with Crippen molar-refractivity contribution in [3.63, 3.8) is 0 Å². The predicted octanol–water partition coefficient (Wildman–Crippen LogP) is 4.63. The molecule has 0 saturated heterocycles. The Morgan fingerprint density at radius 2 is 1.85 bits per heavy atom. The Morgan fingerprint density at radius 3 is 2.62 bits per heavy atom. The van der Waals surface area contributed by atoms with Crippen LogP contribution < -0.4 is 5.32 Å². The summed E-state index contributed by atoms with van der Waals surface area (Å²) in [5, 5.41) is 13.1. The van der Waals surface area contributed by atoms with Gasteiger partial charge in [-0.2, -0.15) is 5.26 Å². The molecule has 4 rings (SSSR count). The normalized spacial score (nSPS) is 11.0. The van der Waals surface area contributed by atoms with E-state index in [0.717, 1.165) is 35.4 Å². The largest absolute Gasteiger partial charge is 0.371 e. The zero-order chi connectivity index (χ0) is 18.1. The number of hydrogen-bond acceptors (Lipinski definition) is 3. The zero-order valence-electron chi connectivity index (χ0n) is 15.0. The molecule has 0 aliphatic heterocycles. The van der Waals surface area contributed by atoms with Crippen LogP contribution in [-0.2, 0) is 6.42 Å². The van der Waals surface area contributed by atoms with Crippen LogP contribution in [-0.4, -0.2) is 15.9 Å². The van der Waals surface area contributed by atoms with Crippen LogP contribution in [0.25, 0.3) is 16.7 Å². The first-order valence-electron chi connectivity index (χ1n) is 8.77. The highest BCUT2D eigenvalue weighted by atomic mass is 15.1. The summed E-state index contributed by atoms with van der Waals surface area (Å²) in [4.78, 5) is 4.68. The van der Waals surface area contributed by atoms with E-state index in [0.29, 0.717) is 11.2 Å². The molecule has 0 aliphatic rings. The molecule has 4 nitrogen and oxygen atoms in total. The molecule has 0 spiro atoms. The van der Waals surface area contributed by atoms with Gasteiger partial charge in [0.2, 0.25) is 0 Å². The third-order valence-corrected chi connectivity index (χ3v) is 4.73. The molecule has 2 aromatic heterocycles. The number of pyridine rings is 1. The van der Waals surface area contributed by atoms with Gasteiger partial charge in [0.1, 0.15) is 11.9 Å². The van der Waals surface area contributed by atoms with Gasteiger partial charge in [-0.05, 0) is 49.6 Å². The van der Waals surface area contributed by atoms with Crippen LogP contribution >= 0.6 is 0 Å². The number of fused-ring (bicyclic) bond motifs is 3. The molecule has 128 valence electrons. The summed E-state index contributed by atoms with van der Waals surface area (Å²) in [5.74, 6) is 0.970. The van der Waals surface area contributed by atoms with Gasteiger partial charge in [-0.15, -0.1) is 0 Å². The van der Waals surface area contributed by atoms with E-state index in [1.165, 1.54) is 11.1 Å². The van der Waals surface area contributed by atoms with E-state index in [1.54, 1.807) is 0 Å². The molecule has 2 heterocycles. The van der Waals surface area contributed by atoms with Gasteiger partial charge in [0.05, 0.1) is 16.6 Å². The van der Waals surface area contributed by atoms with E-state index in [-0.39, 0.29) is 0 Å². The fourth-order valence-electron chi connectivity index (χ4n) is 3.31. The minimum absolute atomic E-state index is 0.630. The van der Waals surface area contributed by atoms with Crippen molar-refractivity contribution in [3.8, 4) is 6.07 Å². The lowest BCUT2D eigenvalue weighted by Gasteiger charge is -2.12. The summed E-state index contributed by atoms with van der Waals surface area (Å²) >= 11 is 0. The number of aromatic nitrogens is 2. The smallest absolute Gasteiger partial charge is 0.157 e. The standard InChI is InChI=1S/C22H20N4/c1-15-7-9-17(10-8-15)11-12-24-21-13-16(2)18(14-23)22-25-19-5-3-4-6-20(19)26(21)22/h3-10,13,24H,11-12H2,1-2H3. The van der Waals surface area contributed by atoms with E-state index in [1.807, 2.05) is 37.3 Å². The lowest BCUT2D eigenvalue weighted by molar-refractivity contribution is 0.996. The van der Waals surface area contributed by atoms with Crippen LogP contribution in [0.4, 0.5) is 5.82 Å². The Hall–Kier alpha value is -3.32. The Labute approximate surface area is 152 Å². The highest BCUT2D eigenvalue weighted by Gasteiger charge is 2.14. The topological polar surface area (TPSA) is 53.1 Å². The number of para-hydroxylation sites is 2. The SMILES string of the molecule is Cc1ccc(CCNc2cc(C)c(C#N)c3nc4ccccc4n23)cc1. The van der Waals surface area contributed by atoms with Crippen molar-refractivity contribution in [1.82, 2.24) is 9.38 Å². The van der Waals surface area contributed by atoms with Crippen LogP contribution in [0, 0.1) is 25.2 Å². The fourth-order valence-corrected chi connectivity index (χ4v) is 3.31. The Kier molecular flexibility index (Phi) is 4.06. The van der Waals surface area contributed by atoms with Crippen molar-refractivity contribution in [1.29, 1.82) is 5.26 Å². The minimum atomic E-state index is 0.630. The molecule has 4 heteroatoms. The lowest BCUT2D eigenvalue weighted by atomic mass is 10.1. The van der Waals surface area contributed by atoms with Crippen LogP contribution in [0.5, 0.6) is 0 Å². The van der Waals surface area contributed by atoms with Crippen LogP contribution in [0.2, 0.25) is 0 Å². The molecule has 0 radical (unpaired) electrons. The molecule has 0 bridgehead atoms. The third kappa shape index (κ3) is 2.78. The van der Waals surface area contributed by atoms with E-state index >= 15 is 0 Å². The second kappa shape index (κ2) is 6.53. The van der Waals surface area contributed by atoms with Gasteiger partial charge >= 0.3 is 0 Å². The monoisotopic (exact) mass is 340 g/mol. The molecule has 4 aromatic rings. The maximum absolute atomic E-state index is 9.56. The summed E-state index contributed by atoms with van der Waals surface area (Å²) < 4.78 is 2.05. The molecule has 0 aliphatic carbocycles. The average Bonchev–Trinajstić information content (AvgIpc) is 3.03. The molecule has 0 fully saturated rings. The molecular weight excluding hydrogens is 320 g/mol. The van der Waals surface area contributed by atoms with E-state index in [9.17, 15) is 5.26 Å². The quantitative estimate of drug-likeness (QED) is 0.589. The molecule has 0 amide bonds. The van der Waals surface area contributed by atoms with Gasteiger partial charge in [0.15, 0.2) is 5.65 Å². The van der Waals surface area contributed by atoms with Crippen LogP contribution in [0.15, 0.2) is 54.6 Å². The molecule has 1 N–H and O–H groups in total. The second-order valence-electron chi connectivity index (χ2n) is 6.62. The third-order valence-electron chi connectivity index (χ3n) is 4.73. The van der Waals surface area contributed by atoms with Crippen molar-refractivity contribution in [2.45, 2.75) is 20.3 Å². The van der Waals surface area contributed by atoms with Crippen molar-refractivity contribution in [2.75, 3.05) is 11.9 Å². The van der Waals surface area contributed by atoms with Gasteiger partial charge < -0.3 is 5.32 Å². The van der Waals surface area contributed by atoms with E-state index < -0.39 is 0 Å². The van der Waals surface area contributed by atoms with E-state index in [2.05, 4.69) is 52.0 Å². The second-order valence-corrected chi connectivity index (χ2v) is 6.62. The Bertz CT molecular complexity index is 1130. The maximum atomic E-state index is 9.56. The molecule has 0 saturated carbocycles. The highest BCUT2D eigenvalue weighted by molar-refractivity contribution is 5.85. The Balaban J connectivity index is 1.72. The number of benzene rings is 2. The summed E-state index contributed by atoms with van der Waals surface area (Å²) in [6, 6.07) is 21.0. The fraction of sp³-hybridized carbons (Fsp3) is 0.182. The highest BCUT2D eigenvalue weighted by Crippen LogP contribution is 2.26. The van der Waals surface area contributed by atoms with Gasteiger partial charge in [0, 0.05) is 6.54 Å². The first-order valence-corrected chi connectivity index (χ1v) is 8.77. The first kappa shape index (κ1) is 16.2. The number of nitriles is 1. The molecular formula is C22H20N4. The van der Waals surface area contributed by atoms with Crippen molar-refractivity contribution in [2.24, 2.45) is 0 Å². The number of imidazole rings is 1. The van der Waals surface area contributed by atoms with Crippen molar-refractivity contribution < 1.29 is 0 Å². The summed E-state index contributed by atoms with van der Waals surface area (Å²) in [6.07, 6.45) is 0.938. The van der Waals surface area contributed by atoms with Gasteiger partial charge in [0.25, 0.3) is 0 Å². The number of nitrogens with zero attached hydrogens (tertiary/aromatic N) is 3.